The number of nitriles is 1. The zero-order valence-corrected chi connectivity index (χ0v) is 10.6. The lowest BCUT2D eigenvalue weighted by atomic mass is 10.1. The molecule has 0 spiro atoms. The third-order valence-electron chi connectivity index (χ3n) is 2.75. The van der Waals surface area contributed by atoms with Crippen molar-refractivity contribution in [3.8, 4) is 6.07 Å². The highest BCUT2D eigenvalue weighted by Gasteiger charge is 2.12. The molecule has 1 aromatic carbocycles. The van der Waals surface area contributed by atoms with Gasteiger partial charge < -0.3 is 4.90 Å². The second-order valence-electron chi connectivity index (χ2n) is 4.36. The molecule has 0 heterocycles. The Balaban J connectivity index is 3.02. The van der Waals surface area contributed by atoms with Crippen molar-refractivity contribution in [1.82, 2.24) is 0 Å². The summed E-state index contributed by atoms with van der Waals surface area (Å²) >= 11 is 0. The molecule has 0 radical (unpaired) electrons. The van der Waals surface area contributed by atoms with Gasteiger partial charge in [-0.1, -0.05) is 0 Å². The van der Waals surface area contributed by atoms with E-state index in [9.17, 15) is 4.79 Å². The van der Waals surface area contributed by atoms with Crippen molar-refractivity contribution < 1.29 is 4.79 Å². The van der Waals surface area contributed by atoms with E-state index in [0.29, 0.717) is 18.0 Å². The van der Waals surface area contributed by atoms with E-state index in [1.165, 1.54) is 0 Å². The van der Waals surface area contributed by atoms with E-state index in [2.05, 4.69) is 24.8 Å². The molecule has 17 heavy (non-hydrogen) atoms. The molecule has 1 rings (SSSR count). The molecule has 0 atom stereocenters. The number of carbonyl (C=O) groups is 1. The van der Waals surface area contributed by atoms with Crippen molar-refractivity contribution in [2.75, 3.05) is 11.4 Å². The summed E-state index contributed by atoms with van der Waals surface area (Å²) in [7, 11) is 0. The van der Waals surface area contributed by atoms with Gasteiger partial charge in [-0.15, -0.1) is 0 Å². The van der Waals surface area contributed by atoms with E-state index in [-0.39, 0.29) is 0 Å². The molecule has 0 aliphatic heterocycles. The van der Waals surface area contributed by atoms with E-state index >= 15 is 0 Å². The molecular weight excluding hydrogens is 212 g/mol. The van der Waals surface area contributed by atoms with Crippen molar-refractivity contribution in [1.29, 1.82) is 5.26 Å². The van der Waals surface area contributed by atoms with Gasteiger partial charge in [-0.2, -0.15) is 5.26 Å². The van der Waals surface area contributed by atoms with Crippen molar-refractivity contribution in [3.05, 3.63) is 29.3 Å². The Hall–Kier alpha value is -1.82. The predicted octanol–water partition coefficient (Wildman–Crippen LogP) is 2.94. The van der Waals surface area contributed by atoms with Crippen LogP contribution in [0.3, 0.4) is 0 Å². The Morgan fingerprint density at radius 1 is 1.47 bits per heavy atom. The molecular formula is C14H18N2O. The number of benzene rings is 1. The molecule has 0 aliphatic rings. The van der Waals surface area contributed by atoms with E-state index < -0.39 is 0 Å². The van der Waals surface area contributed by atoms with Crippen LogP contribution in [-0.4, -0.2) is 18.9 Å². The minimum Gasteiger partial charge on any atom is -0.368 e. The van der Waals surface area contributed by atoms with Gasteiger partial charge in [0.1, 0.15) is 6.29 Å². The number of carbonyl (C=O) groups excluding carboxylic acids is 1. The summed E-state index contributed by atoms with van der Waals surface area (Å²) in [6.45, 7) is 6.91. The molecule has 90 valence electrons. The highest BCUT2D eigenvalue weighted by molar-refractivity contribution is 5.77. The average molecular weight is 230 g/mol. The Bertz CT molecular complexity index is 432. The van der Waals surface area contributed by atoms with Gasteiger partial charge in [0.25, 0.3) is 0 Å². The van der Waals surface area contributed by atoms with Crippen LogP contribution < -0.4 is 4.90 Å². The Labute approximate surface area is 103 Å². The largest absolute Gasteiger partial charge is 0.368 e. The number of aldehydes is 1. The molecule has 3 nitrogen and oxygen atoms in total. The second-order valence-corrected chi connectivity index (χ2v) is 4.36. The molecule has 0 fully saturated rings. The van der Waals surface area contributed by atoms with Gasteiger partial charge in [0.2, 0.25) is 0 Å². The smallest absolute Gasteiger partial charge is 0.150 e. The number of rotatable bonds is 5. The SMILES string of the molecule is Cc1cc(C=O)ccc1N(CCC#N)C(C)C. The fraction of sp³-hybridized carbons (Fsp3) is 0.429. The highest BCUT2D eigenvalue weighted by Crippen LogP contribution is 2.23. The first-order valence-corrected chi connectivity index (χ1v) is 5.79. The van der Waals surface area contributed by atoms with Gasteiger partial charge in [0.05, 0.1) is 12.5 Å². The molecule has 0 unspecified atom stereocenters. The summed E-state index contributed by atoms with van der Waals surface area (Å²) in [5.74, 6) is 0. The normalized spacial score (nSPS) is 10.1. The Kier molecular flexibility index (Phi) is 4.71. The van der Waals surface area contributed by atoms with Gasteiger partial charge in [-0.25, -0.2) is 0 Å². The Morgan fingerprint density at radius 3 is 2.65 bits per heavy atom. The topological polar surface area (TPSA) is 44.1 Å². The molecule has 0 saturated carbocycles. The van der Waals surface area contributed by atoms with Gasteiger partial charge in [-0.3, -0.25) is 4.79 Å². The van der Waals surface area contributed by atoms with Crippen molar-refractivity contribution >= 4 is 12.0 Å². The predicted molar refractivity (Wildman–Crippen MR) is 69.3 cm³/mol. The standard InChI is InChI=1S/C14H18N2O/c1-11(2)16(8-4-7-15)14-6-5-13(10-17)9-12(14)3/h5-6,9-11H,4,8H2,1-3H3. The fourth-order valence-corrected chi connectivity index (χ4v) is 1.90. The number of nitrogens with zero attached hydrogens (tertiary/aromatic N) is 2. The van der Waals surface area contributed by atoms with Crippen molar-refractivity contribution in [2.45, 2.75) is 33.2 Å². The zero-order valence-electron chi connectivity index (χ0n) is 10.6. The molecule has 1 aromatic rings. The third-order valence-corrected chi connectivity index (χ3v) is 2.75. The van der Waals surface area contributed by atoms with E-state index in [4.69, 9.17) is 5.26 Å². The van der Waals surface area contributed by atoms with Gasteiger partial charge in [0, 0.05) is 23.8 Å². The van der Waals surface area contributed by atoms with Crippen LogP contribution in [0.1, 0.15) is 36.2 Å². The molecule has 0 aliphatic carbocycles. The fourth-order valence-electron chi connectivity index (χ4n) is 1.90. The van der Waals surface area contributed by atoms with Crippen molar-refractivity contribution in [3.63, 3.8) is 0 Å². The van der Waals surface area contributed by atoms with Gasteiger partial charge in [0.15, 0.2) is 0 Å². The van der Waals surface area contributed by atoms with Crippen LogP contribution in [0.4, 0.5) is 5.69 Å². The second kappa shape index (κ2) is 6.05. The lowest BCUT2D eigenvalue weighted by molar-refractivity contribution is 0.112. The van der Waals surface area contributed by atoms with Crippen LogP contribution in [0.25, 0.3) is 0 Å². The quantitative estimate of drug-likeness (QED) is 0.730. The van der Waals surface area contributed by atoms with Crippen LogP contribution >= 0.6 is 0 Å². The molecule has 3 heteroatoms. The number of hydrogen-bond donors (Lipinski definition) is 0. The molecule has 0 N–H and O–H groups in total. The zero-order chi connectivity index (χ0) is 12.8. The summed E-state index contributed by atoms with van der Waals surface area (Å²) in [6, 6.07) is 8.15. The first-order valence-electron chi connectivity index (χ1n) is 5.79. The highest BCUT2D eigenvalue weighted by atomic mass is 16.1. The lowest BCUT2D eigenvalue weighted by Gasteiger charge is -2.29. The Morgan fingerprint density at radius 2 is 2.18 bits per heavy atom. The summed E-state index contributed by atoms with van der Waals surface area (Å²) in [5, 5.41) is 8.67. The van der Waals surface area contributed by atoms with Crippen molar-refractivity contribution in [2.24, 2.45) is 0 Å². The summed E-state index contributed by atoms with van der Waals surface area (Å²) < 4.78 is 0. The lowest BCUT2D eigenvalue weighted by Crippen LogP contribution is -2.32. The first kappa shape index (κ1) is 13.2. The molecule has 0 aromatic heterocycles. The maximum Gasteiger partial charge on any atom is 0.150 e. The van der Waals surface area contributed by atoms with E-state index in [1.54, 1.807) is 0 Å². The van der Waals surface area contributed by atoms with E-state index in [0.717, 1.165) is 24.1 Å². The number of aryl methyl sites for hydroxylation is 1. The summed E-state index contributed by atoms with van der Waals surface area (Å²) in [4.78, 5) is 12.9. The maximum absolute atomic E-state index is 10.7. The molecule has 0 bridgehead atoms. The third kappa shape index (κ3) is 3.32. The van der Waals surface area contributed by atoms with Gasteiger partial charge >= 0.3 is 0 Å². The van der Waals surface area contributed by atoms with Crippen LogP contribution in [-0.2, 0) is 0 Å². The van der Waals surface area contributed by atoms with E-state index in [1.807, 2.05) is 25.1 Å². The number of hydrogen-bond acceptors (Lipinski definition) is 3. The molecule has 0 saturated heterocycles. The number of anilines is 1. The van der Waals surface area contributed by atoms with Crippen LogP contribution in [0.15, 0.2) is 18.2 Å². The van der Waals surface area contributed by atoms with Crippen LogP contribution in [0, 0.1) is 18.3 Å². The first-order chi connectivity index (χ1) is 8.10. The van der Waals surface area contributed by atoms with Crippen LogP contribution in [0.5, 0.6) is 0 Å². The summed E-state index contributed by atoms with van der Waals surface area (Å²) in [6.07, 6.45) is 1.36. The minimum absolute atomic E-state index is 0.337. The molecule has 0 amide bonds. The summed E-state index contributed by atoms with van der Waals surface area (Å²) in [5.41, 5.74) is 2.86. The monoisotopic (exact) mass is 230 g/mol. The minimum atomic E-state index is 0.337. The average Bonchev–Trinajstić information content (AvgIpc) is 2.30. The maximum atomic E-state index is 10.7. The van der Waals surface area contributed by atoms with Crippen LogP contribution in [0.2, 0.25) is 0 Å². The van der Waals surface area contributed by atoms with Gasteiger partial charge in [-0.05, 0) is 44.5 Å².